The highest BCUT2D eigenvalue weighted by Crippen LogP contribution is 2.20. The smallest absolute Gasteiger partial charge is 0.260 e. The van der Waals surface area contributed by atoms with E-state index >= 15 is 0 Å². The van der Waals surface area contributed by atoms with E-state index in [1.54, 1.807) is 6.07 Å². The average Bonchev–Trinajstić information content (AvgIpc) is 2.37. The molecule has 0 aliphatic rings. The summed E-state index contributed by atoms with van der Waals surface area (Å²) in [5.41, 5.74) is 6.24. The van der Waals surface area contributed by atoms with Gasteiger partial charge in [-0.1, -0.05) is 23.2 Å². The van der Waals surface area contributed by atoms with Crippen LogP contribution in [0.2, 0.25) is 10.2 Å². The number of rotatable bonds is 3. The molecule has 2 aromatic rings. The lowest BCUT2D eigenvalue weighted by Gasteiger charge is -2.08. The summed E-state index contributed by atoms with van der Waals surface area (Å²) < 4.78 is 4.93. The number of amides is 1. The standard InChI is InChI=1S/C12H10Cl2N4O2/c1-20-10-5-9(14)16-12(17-10)18-11(19)7-3-2-6(13)4-8(7)15/h2-5H,15H2,1H3,(H,16,17,18,19). The highest BCUT2D eigenvalue weighted by molar-refractivity contribution is 6.31. The number of methoxy groups -OCH3 is 1. The first-order valence-electron chi connectivity index (χ1n) is 5.44. The highest BCUT2D eigenvalue weighted by Gasteiger charge is 2.13. The Kier molecular flexibility index (Phi) is 4.26. The number of nitrogens with two attached hydrogens (primary N) is 1. The van der Waals surface area contributed by atoms with E-state index in [2.05, 4.69) is 15.3 Å². The van der Waals surface area contributed by atoms with Crippen LogP contribution in [0.15, 0.2) is 24.3 Å². The summed E-state index contributed by atoms with van der Waals surface area (Å²) in [4.78, 5) is 19.9. The van der Waals surface area contributed by atoms with Crippen LogP contribution in [0.4, 0.5) is 11.6 Å². The first kappa shape index (κ1) is 14.4. The highest BCUT2D eigenvalue weighted by atomic mass is 35.5. The second-order valence-electron chi connectivity index (χ2n) is 3.74. The summed E-state index contributed by atoms with van der Waals surface area (Å²) in [5.74, 6) is -0.207. The number of nitrogens with one attached hydrogen (secondary N) is 1. The van der Waals surface area contributed by atoms with Gasteiger partial charge in [0.2, 0.25) is 11.8 Å². The van der Waals surface area contributed by atoms with Crippen molar-refractivity contribution in [2.75, 3.05) is 18.2 Å². The van der Waals surface area contributed by atoms with E-state index < -0.39 is 5.91 Å². The molecule has 0 spiro atoms. The summed E-state index contributed by atoms with van der Waals surface area (Å²) in [6.45, 7) is 0. The van der Waals surface area contributed by atoms with E-state index in [1.807, 2.05) is 0 Å². The molecule has 104 valence electrons. The van der Waals surface area contributed by atoms with Gasteiger partial charge in [-0.2, -0.15) is 4.98 Å². The van der Waals surface area contributed by atoms with E-state index in [1.165, 1.54) is 25.3 Å². The average molecular weight is 313 g/mol. The third-order valence-corrected chi connectivity index (χ3v) is 2.79. The number of carbonyl (C=O) groups is 1. The van der Waals surface area contributed by atoms with Crippen LogP contribution in [0, 0.1) is 0 Å². The van der Waals surface area contributed by atoms with Gasteiger partial charge in [0.15, 0.2) is 0 Å². The fourth-order valence-corrected chi connectivity index (χ4v) is 1.82. The Morgan fingerprint density at radius 2 is 2.05 bits per heavy atom. The maximum Gasteiger partial charge on any atom is 0.260 e. The fraction of sp³-hybridized carbons (Fsp3) is 0.0833. The number of benzene rings is 1. The van der Waals surface area contributed by atoms with Crippen molar-refractivity contribution in [3.05, 3.63) is 40.0 Å². The third-order valence-electron chi connectivity index (χ3n) is 2.36. The number of hydrogen-bond acceptors (Lipinski definition) is 5. The normalized spacial score (nSPS) is 10.2. The minimum atomic E-state index is -0.469. The van der Waals surface area contributed by atoms with Crippen LogP contribution >= 0.6 is 23.2 Å². The Morgan fingerprint density at radius 1 is 1.30 bits per heavy atom. The lowest BCUT2D eigenvalue weighted by molar-refractivity contribution is 0.102. The Balaban J connectivity index is 2.25. The number of anilines is 2. The molecule has 8 heteroatoms. The number of halogens is 2. The molecular formula is C12H10Cl2N4O2. The van der Waals surface area contributed by atoms with Crippen molar-refractivity contribution in [1.82, 2.24) is 9.97 Å². The summed E-state index contributed by atoms with van der Waals surface area (Å²) in [6.07, 6.45) is 0. The molecule has 1 aromatic carbocycles. The van der Waals surface area contributed by atoms with Crippen molar-refractivity contribution in [2.24, 2.45) is 0 Å². The monoisotopic (exact) mass is 312 g/mol. The van der Waals surface area contributed by atoms with E-state index in [0.29, 0.717) is 5.02 Å². The first-order chi connectivity index (χ1) is 9.49. The number of ether oxygens (including phenoxy) is 1. The second-order valence-corrected chi connectivity index (χ2v) is 4.57. The van der Waals surface area contributed by atoms with Gasteiger partial charge in [-0.15, -0.1) is 0 Å². The molecule has 1 aromatic heterocycles. The number of aromatic nitrogens is 2. The Morgan fingerprint density at radius 3 is 2.70 bits per heavy atom. The van der Waals surface area contributed by atoms with Gasteiger partial charge in [-0.25, -0.2) is 4.98 Å². The van der Waals surface area contributed by atoms with Crippen LogP contribution in [0.1, 0.15) is 10.4 Å². The van der Waals surface area contributed by atoms with Gasteiger partial charge < -0.3 is 10.5 Å². The summed E-state index contributed by atoms with van der Waals surface area (Å²) >= 11 is 11.6. The van der Waals surface area contributed by atoms with Crippen LogP contribution in [-0.2, 0) is 0 Å². The predicted molar refractivity (Wildman–Crippen MR) is 77.4 cm³/mol. The SMILES string of the molecule is COc1cc(Cl)nc(NC(=O)c2ccc(Cl)cc2N)n1. The lowest BCUT2D eigenvalue weighted by Crippen LogP contribution is -2.16. The number of nitrogens with zero attached hydrogens (tertiary/aromatic N) is 2. The van der Waals surface area contributed by atoms with Crippen LogP contribution in [0.3, 0.4) is 0 Å². The van der Waals surface area contributed by atoms with Gasteiger partial charge in [-0.05, 0) is 18.2 Å². The van der Waals surface area contributed by atoms with Crippen LogP contribution < -0.4 is 15.8 Å². The maximum absolute atomic E-state index is 12.1. The van der Waals surface area contributed by atoms with E-state index in [4.69, 9.17) is 33.7 Å². The quantitative estimate of drug-likeness (QED) is 0.671. The van der Waals surface area contributed by atoms with Crippen LogP contribution in [-0.4, -0.2) is 23.0 Å². The molecule has 3 N–H and O–H groups in total. The minimum absolute atomic E-state index is 0.0219. The maximum atomic E-state index is 12.1. The fourth-order valence-electron chi connectivity index (χ4n) is 1.47. The van der Waals surface area contributed by atoms with Crippen molar-refractivity contribution < 1.29 is 9.53 Å². The first-order valence-corrected chi connectivity index (χ1v) is 6.20. The number of carbonyl (C=O) groups excluding carboxylic acids is 1. The van der Waals surface area contributed by atoms with Gasteiger partial charge in [0, 0.05) is 16.8 Å². The predicted octanol–water partition coefficient (Wildman–Crippen LogP) is 2.63. The summed E-state index contributed by atoms with van der Waals surface area (Å²) in [5, 5.41) is 3.08. The molecule has 0 bridgehead atoms. The van der Waals surface area contributed by atoms with Crippen LogP contribution in [0.5, 0.6) is 5.88 Å². The number of hydrogen-bond donors (Lipinski definition) is 2. The molecular weight excluding hydrogens is 303 g/mol. The van der Waals surface area contributed by atoms with Crippen molar-refractivity contribution in [3.8, 4) is 5.88 Å². The van der Waals surface area contributed by atoms with E-state index in [0.717, 1.165) is 0 Å². The van der Waals surface area contributed by atoms with Gasteiger partial charge in [-0.3, -0.25) is 10.1 Å². The van der Waals surface area contributed by atoms with Gasteiger partial charge in [0.05, 0.1) is 12.7 Å². The summed E-state index contributed by atoms with van der Waals surface area (Å²) in [7, 11) is 1.43. The van der Waals surface area contributed by atoms with Crippen molar-refractivity contribution in [2.45, 2.75) is 0 Å². The van der Waals surface area contributed by atoms with Gasteiger partial charge >= 0.3 is 0 Å². The summed E-state index contributed by atoms with van der Waals surface area (Å²) in [6, 6.07) is 5.98. The Bertz CT molecular complexity index is 664. The second kappa shape index (κ2) is 5.94. The zero-order chi connectivity index (χ0) is 14.7. The lowest BCUT2D eigenvalue weighted by atomic mass is 10.1. The van der Waals surface area contributed by atoms with E-state index in [-0.39, 0.29) is 28.2 Å². The zero-order valence-electron chi connectivity index (χ0n) is 10.4. The molecule has 0 atom stereocenters. The molecule has 1 amide bonds. The van der Waals surface area contributed by atoms with Gasteiger partial charge in [0.1, 0.15) is 5.15 Å². The molecule has 1 heterocycles. The topological polar surface area (TPSA) is 90.1 Å². The molecule has 0 radical (unpaired) electrons. The molecule has 0 fully saturated rings. The third kappa shape index (κ3) is 3.28. The Hall–Kier alpha value is -2.05. The molecule has 0 aliphatic carbocycles. The largest absolute Gasteiger partial charge is 0.481 e. The molecule has 0 saturated carbocycles. The van der Waals surface area contributed by atoms with E-state index in [9.17, 15) is 4.79 Å². The molecule has 0 unspecified atom stereocenters. The zero-order valence-corrected chi connectivity index (χ0v) is 11.9. The molecule has 6 nitrogen and oxygen atoms in total. The Labute approximate surface area is 124 Å². The minimum Gasteiger partial charge on any atom is -0.481 e. The van der Waals surface area contributed by atoms with Gasteiger partial charge in [0.25, 0.3) is 5.91 Å². The molecule has 2 rings (SSSR count). The van der Waals surface area contributed by atoms with Crippen molar-refractivity contribution in [1.29, 1.82) is 0 Å². The molecule has 20 heavy (non-hydrogen) atoms. The molecule has 0 aliphatic heterocycles. The van der Waals surface area contributed by atoms with Crippen molar-refractivity contribution in [3.63, 3.8) is 0 Å². The molecule has 0 saturated heterocycles. The number of nitrogen functional groups attached to an aromatic ring is 1. The van der Waals surface area contributed by atoms with Crippen LogP contribution in [0.25, 0.3) is 0 Å². The van der Waals surface area contributed by atoms with Crippen molar-refractivity contribution >= 4 is 40.7 Å².